The Morgan fingerprint density at radius 1 is 1.13 bits per heavy atom. The fraction of sp³-hybridized carbons (Fsp3) is 0.235. The van der Waals surface area contributed by atoms with Gasteiger partial charge >= 0.3 is 0 Å². The quantitative estimate of drug-likeness (QED) is 0.846. The standard InChI is InChI=1S/C17H17Cl2NO3/c1-11(10-23-14-6-4-13(22-2)5-7-14)20-17(21)15-8-3-12(18)9-16(15)19/h3-9,11H,10H2,1-2H3,(H,20,21). The smallest absolute Gasteiger partial charge is 0.253 e. The van der Waals surface area contributed by atoms with E-state index in [1.165, 1.54) is 6.07 Å². The Hall–Kier alpha value is -1.91. The van der Waals surface area contributed by atoms with Crippen molar-refractivity contribution in [2.24, 2.45) is 0 Å². The number of halogens is 2. The summed E-state index contributed by atoms with van der Waals surface area (Å²) in [5.74, 6) is 1.20. The van der Waals surface area contributed by atoms with E-state index in [1.54, 1.807) is 19.2 Å². The molecule has 0 aliphatic carbocycles. The van der Waals surface area contributed by atoms with Gasteiger partial charge in [-0.3, -0.25) is 4.79 Å². The van der Waals surface area contributed by atoms with Crippen molar-refractivity contribution in [2.75, 3.05) is 13.7 Å². The van der Waals surface area contributed by atoms with Crippen molar-refractivity contribution >= 4 is 29.1 Å². The van der Waals surface area contributed by atoms with E-state index in [1.807, 2.05) is 31.2 Å². The lowest BCUT2D eigenvalue weighted by molar-refractivity contribution is 0.0927. The Morgan fingerprint density at radius 2 is 1.78 bits per heavy atom. The normalized spacial score (nSPS) is 11.7. The van der Waals surface area contributed by atoms with E-state index >= 15 is 0 Å². The molecular weight excluding hydrogens is 337 g/mol. The highest BCUT2D eigenvalue weighted by atomic mass is 35.5. The summed E-state index contributed by atoms with van der Waals surface area (Å²) in [7, 11) is 1.61. The Morgan fingerprint density at radius 3 is 2.39 bits per heavy atom. The molecule has 0 aliphatic heterocycles. The van der Waals surface area contributed by atoms with Crippen molar-refractivity contribution in [1.29, 1.82) is 0 Å². The van der Waals surface area contributed by atoms with Crippen molar-refractivity contribution in [3.8, 4) is 11.5 Å². The SMILES string of the molecule is COc1ccc(OCC(C)NC(=O)c2ccc(Cl)cc2Cl)cc1. The number of nitrogens with one attached hydrogen (secondary N) is 1. The van der Waals surface area contributed by atoms with Gasteiger partial charge in [0.2, 0.25) is 0 Å². The van der Waals surface area contributed by atoms with Gasteiger partial charge in [0.25, 0.3) is 5.91 Å². The zero-order chi connectivity index (χ0) is 16.8. The summed E-state index contributed by atoms with van der Waals surface area (Å²) in [6.07, 6.45) is 0. The van der Waals surface area contributed by atoms with Gasteiger partial charge in [-0.05, 0) is 49.4 Å². The minimum atomic E-state index is -0.266. The predicted octanol–water partition coefficient (Wildman–Crippen LogP) is 4.20. The summed E-state index contributed by atoms with van der Waals surface area (Å²) in [6, 6.07) is 11.8. The first-order chi connectivity index (χ1) is 11.0. The van der Waals surface area contributed by atoms with Crippen LogP contribution in [0.3, 0.4) is 0 Å². The van der Waals surface area contributed by atoms with E-state index in [0.29, 0.717) is 28.0 Å². The first-order valence-corrected chi connectivity index (χ1v) is 7.78. The van der Waals surface area contributed by atoms with Gasteiger partial charge in [-0.1, -0.05) is 23.2 Å². The third kappa shape index (κ3) is 5.05. The van der Waals surface area contributed by atoms with E-state index in [-0.39, 0.29) is 11.9 Å². The van der Waals surface area contributed by atoms with Crippen molar-refractivity contribution in [1.82, 2.24) is 5.32 Å². The molecule has 0 aromatic heterocycles. The molecule has 2 aromatic rings. The van der Waals surface area contributed by atoms with Crippen LogP contribution in [-0.2, 0) is 0 Å². The van der Waals surface area contributed by atoms with Gasteiger partial charge < -0.3 is 14.8 Å². The number of methoxy groups -OCH3 is 1. The van der Waals surface area contributed by atoms with E-state index in [2.05, 4.69) is 5.32 Å². The number of carbonyl (C=O) groups is 1. The summed E-state index contributed by atoms with van der Waals surface area (Å²) in [4.78, 5) is 12.2. The number of carbonyl (C=O) groups excluding carboxylic acids is 1. The zero-order valence-corrected chi connectivity index (χ0v) is 14.3. The monoisotopic (exact) mass is 353 g/mol. The molecule has 4 nitrogen and oxygen atoms in total. The first-order valence-electron chi connectivity index (χ1n) is 7.02. The Balaban J connectivity index is 1.88. The number of ether oxygens (including phenoxy) is 2. The molecule has 0 radical (unpaired) electrons. The largest absolute Gasteiger partial charge is 0.497 e. The topological polar surface area (TPSA) is 47.6 Å². The fourth-order valence-electron chi connectivity index (χ4n) is 1.91. The molecule has 0 aliphatic rings. The number of hydrogen-bond donors (Lipinski definition) is 1. The lowest BCUT2D eigenvalue weighted by atomic mass is 10.2. The van der Waals surface area contributed by atoms with E-state index in [0.717, 1.165) is 5.75 Å². The van der Waals surface area contributed by atoms with Gasteiger partial charge in [-0.15, -0.1) is 0 Å². The van der Waals surface area contributed by atoms with E-state index in [4.69, 9.17) is 32.7 Å². The average molecular weight is 354 g/mol. The second-order valence-electron chi connectivity index (χ2n) is 4.99. The molecule has 0 heterocycles. The third-order valence-electron chi connectivity index (χ3n) is 3.11. The van der Waals surface area contributed by atoms with Crippen LogP contribution in [0.15, 0.2) is 42.5 Å². The van der Waals surface area contributed by atoms with Gasteiger partial charge in [-0.2, -0.15) is 0 Å². The highest BCUT2D eigenvalue weighted by Gasteiger charge is 2.13. The molecule has 6 heteroatoms. The van der Waals surface area contributed by atoms with Crippen LogP contribution in [0, 0.1) is 0 Å². The first kappa shape index (κ1) is 17.4. The maximum absolute atomic E-state index is 12.2. The average Bonchev–Trinajstić information content (AvgIpc) is 2.53. The molecule has 122 valence electrons. The zero-order valence-electron chi connectivity index (χ0n) is 12.8. The highest BCUT2D eigenvalue weighted by molar-refractivity contribution is 6.36. The molecule has 0 saturated carbocycles. The number of rotatable bonds is 6. The van der Waals surface area contributed by atoms with Crippen LogP contribution >= 0.6 is 23.2 Å². The van der Waals surface area contributed by atoms with Gasteiger partial charge in [0.15, 0.2) is 0 Å². The summed E-state index contributed by atoms with van der Waals surface area (Å²) < 4.78 is 10.7. The summed E-state index contributed by atoms with van der Waals surface area (Å²) >= 11 is 11.8. The van der Waals surface area contributed by atoms with Gasteiger partial charge in [0.1, 0.15) is 18.1 Å². The van der Waals surface area contributed by atoms with Crippen molar-refractivity contribution in [3.63, 3.8) is 0 Å². The number of amides is 1. The lowest BCUT2D eigenvalue weighted by Gasteiger charge is -2.16. The van der Waals surface area contributed by atoms with Crippen LogP contribution in [-0.4, -0.2) is 25.7 Å². The van der Waals surface area contributed by atoms with E-state index in [9.17, 15) is 4.79 Å². The molecule has 0 fully saturated rings. The number of hydrogen-bond acceptors (Lipinski definition) is 3. The minimum absolute atomic E-state index is 0.184. The molecule has 2 aromatic carbocycles. The van der Waals surface area contributed by atoms with Gasteiger partial charge in [-0.25, -0.2) is 0 Å². The molecule has 1 atom stereocenters. The molecule has 2 rings (SSSR count). The molecule has 0 bridgehead atoms. The summed E-state index contributed by atoms with van der Waals surface area (Å²) in [5.41, 5.74) is 0.382. The maximum Gasteiger partial charge on any atom is 0.253 e. The fourth-order valence-corrected chi connectivity index (χ4v) is 2.40. The molecular formula is C17H17Cl2NO3. The van der Waals surface area contributed by atoms with Crippen molar-refractivity contribution in [2.45, 2.75) is 13.0 Å². The van der Waals surface area contributed by atoms with Crippen LogP contribution in [0.4, 0.5) is 0 Å². The highest BCUT2D eigenvalue weighted by Crippen LogP contribution is 2.21. The van der Waals surface area contributed by atoms with Crippen LogP contribution < -0.4 is 14.8 Å². The molecule has 1 amide bonds. The lowest BCUT2D eigenvalue weighted by Crippen LogP contribution is -2.36. The van der Waals surface area contributed by atoms with Gasteiger partial charge in [0.05, 0.1) is 23.7 Å². The molecule has 0 saturated heterocycles. The third-order valence-corrected chi connectivity index (χ3v) is 3.66. The number of benzene rings is 2. The summed E-state index contributed by atoms with van der Waals surface area (Å²) in [6.45, 7) is 2.19. The van der Waals surface area contributed by atoms with Crippen LogP contribution in [0.5, 0.6) is 11.5 Å². The van der Waals surface area contributed by atoms with E-state index < -0.39 is 0 Å². The van der Waals surface area contributed by atoms with Gasteiger partial charge in [0, 0.05) is 5.02 Å². The Kier molecular flexibility index (Phi) is 6.13. The second-order valence-corrected chi connectivity index (χ2v) is 5.83. The van der Waals surface area contributed by atoms with Crippen molar-refractivity contribution in [3.05, 3.63) is 58.1 Å². The molecule has 0 spiro atoms. The molecule has 23 heavy (non-hydrogen) atoms. The molecule has 1 unspecified atom stereocenters. The van der Waals surface area contributed by atoms with Crippen LogP contribution in [0.25, 0.3) is 0 Å². The van der Waals surface area contributed by atoms with Crippen LogP contribution in [0.1, 0.15) is 17.3 Å². The maximum atomic E-state index is 12.2. The Bertz CT molecular complexity index is 674. The van der Waals surface area contributed by atoms with Crippen LogP contribution in [0.2, 0.25) is 10.0 Å². The predicted molar refractivity (Wildman–Crippen MR) is 91.9 cm³/mol. The summed E-state index contributed by atoms with van der Waals surface area (Å²) in [5, 5.41) is 3.64. The molecule has 1 N–H and O–H groups in total. The van der Waals surface area contributed by atoms with Crippen molar-refractivity contribution < 1.29 is 14.3 Å². The second kappa shape index (κ2) is 8.09. The Labute approximate surface area is 145 Å². The minimum Gasteiger partial charge on any atom is -0.497 e.